The lowest BCUT2D eigenvalue weighted by Crippen LogP contribution is -2.41. The Balaban J connectivity index is 1.76. The van der Waals surface area contributed by atoms with Gasteiger partial charge in [-0.05, 0) is 34.5 Å². The number of pyridine rings is 1. The zero-order valence-corrected chi connectivity index (χ0v) is 20.9. The maximum Gasteiger partial charge on any atom is 0.330 e. The molecule has 3 rings (SSSR count). The summed E-state index contributed by atoms with van der Waals surface area (Å²) < 4.78 is 38.1. The number of aliphatic hydroxyl groups excluding tert-OH is 1. The number of H-pyrrole nitrogens is 1. The van der Waals surface area contributed by atoms with E-state index in [1.54, 1.807) is 31.5 Å². The van der Waals surface area contributed by atoms with Crippen molar-refractivity contribution in [3.05, 3.63) is 63.2 Å². The van der Waals surface area contributed by atoms with Crippen molar-refractivity contribution in [2.24, 2.45) is 5.92 Å². The molecule has 0 amide bonds. The topological polar surface area (TPSA) is 153 Å². The molecule has 0 saturated carbocycles. The lowest BCUT2D eigenvalue weighted by molar-refractivity contribution is -0.119. The second-order valence-electron chi connectivity index (χ2n) is 8.02. The number of hydrogen-bond acceptors (Lipinski definition) is 8. The number of hydrogen-bond donors (Lipinski definition) is 3. The predicted octanol–water partition coefficient (Wildman–Crippen LogP) is 1.48. The van der Waals surface area contributed by atoms with E-state index in [1.807, 2.05) is 4.98 Å². The molecule has 2 unspecified atom stereocenters. The van der Waals surface area contributed by atoms with Gasteiger partial charge >= 0.3 is 5.69 Å². The van der Waals surface area contributed by atoms with Gasteiger partial charge < -0.3 is 14.4 Å². The molecule has 1 saturated heterocycles. The van der Waals surface area contributed by atoms with Gasteiger partial charge in [0.05, 0.1) is 6.61 Å². The van der Waals surface area contributed by atoms with Crippen molar-refractivity contribution in [2.45, 2.75) is 43.4 Å². The normalized spacial score (nSPS) is 27.3. The molecule has 1 fully saturated rings. The van der Waals surface area contributed by atoms with E-state index in [0.29, 0.717) is 0 Å². The van der Waals surface area contributed by atoms with Crippen LogP contribution in [-0.4, -0.2) is 55.0 Å². The minimum atomic E-state index is -3.67. The molecule has 14 heteroatoms. The van der Waals surface area contributed by atoms with Crippen LogP contribution >= 0.6 is 23.4 Å². The van der Waals surface area contributed by atoms with E-state index < -0.39 is 54.3 Å². The summed E-state index contributed by atoms with van der Waals surface area (Å²) in [5.41, 5.74) is -0.898. The van der Waals surface area contributed by atoms with Crippen LogP contribution in [0.1, 0.15) is 25.6 Å². The Bertz CT molecular complexity index is 1180. The number of alkyl halides is 2. The number of carbonyl (C=O) groups excluding carboxylic acids is 1. The Hall–Kier alpha value is -2.02. The molecule has 6 atom stereocenters. The molecule has 2 aromatic rings. The summed E-state index contributed by atoms with van der Waals surface area (Å²) in [6, 6.07) is 4.47. The molecule has 2 aromatic heterocycles. The fourth-order valence-corrected chi connectivity index (χ4v) is 6.02. The highest BCUT2D eigenvalue weighted by molar-refractivity contribution is 9.10. The van der Waals surface area contributed by atoms with Gasteiger partial charge in [-0.3, -0.25) is 28.7 Å². The van der Waals surface area contributed by atoms with Crippen molar-refractivity contribution in [3.8, 4) is 0 Å². The third-order valence-corrected chi connectivity index (χ3v) is 8.48. The zero-order chi connectivity index (χ0) is 25.1. The molecule has 186 valence electrons. The van der Waals surface area contributed by atoms with Gasteiger partial charge in [-0.15, -0.1) is 0 Å². The van der Waals surface area contributed by atoms with Gasteiger partial charge in [0.25, 0.3) is 13.1 Å². The van der Waals surface area contributed by atoms with Crippen molar-refractivity contribution in [3.63, 3.8) is 0 Å². The van der Waals surface area contributed by atoms with Crippen LogP contribution in [0, 0.1) is 5.92 Å². The van der Waals surface area contributed by atoms with Crippen LogP contribution in [0.3, 0.4) is 0 Å². The third kappa shape index (κ3) is 6.15. The molecule has 3 N–H and O–H groups in total. The van der Waals surface area contributed by atoms with E-state index in [2.05, 4.69) is 26.0 Å². The number of rotatable bonds is 10. The predicted molar refractivity (Wildman–Crippen MR) is 123 cm³/mol. The number of aromatic amines is 1. The van der Waals surface area contributed by atoms with Crippen molar-refractivity contribution in [1.29, 1.82) is 0 Å². The number of halogens is 2. The average Bonchev–Trinajstić information content (AvgIpc) is 3.00. The standard InChI is InChI=1S/C20H25BrFN4O7P/c1-12(13(2)27)11-34(31,24-9-14-4-3-6-23-8-14)32-10-15-17(29)20(21,22)18(33-15)26-7-5-16(28)25-19(26)30/h3-8,12,15,17-18,29H,9-11H2,1-2H3,(H,24,31)(H,25,28,30)/t12-,15-,17+,18-,20?,34?/m1/s1. The van der Waals surface area contributed by atoms with Crippen LogP contribution in [0.15, 0.2) is 46.4 Å². The highest BCUT2D eigenvalue weighted by Crippen LogP contribution is 2.49. The van der Waals surface area contributed by atoms with E-state index in [0.717, 1.165) is 22.4 Å². The van der Waals surface area contributed by atoms with E-state index >= 15 is 4.39 Å². The molecule has 1 aliphatic rings. The summed E-state index contributed by atoms with van der Waals surface area (Å²) in [6.07, 6.45) is -0.717. The number of ether oxygens (including phenoxy) is 1. The molecule has 34 heavy (non-hydrogen) atoms. The minimum Gasteiger partial charge on any atom is -0.386 e. The molecule has 0 aliphatic carbocycles. The Labute approximate surface area is 202 Å². The van der Waals surface area contributed by atoms with Crippen LogP contribution in [-0.2, 0) is 25.2 Å². The number of ketones is 1. The molecule has 0 spiro atoms. The van der Waals surface area contributed by atoms with Crippen molar-refractivity contribution in [2.75, 3.05) is 12.8 Å². The van der Waals surface area contributed by atoms with Crippen LogP contribution in [0.5, 0.6) is 0 Å². The Morgan fingerprint density at radius 3 is 2.85 bits per heavy atom. The van der Waals surface area contributed by atoms with Crippen molar-refractivity contribution >= 4 is 29.2 Å². The first-order chi connectivity index (χ1) is 15.9. The van der Waals surface area contributed by atoms with Crippen molar-refractivity contribution < 1.29 is 28.1 Å². The van der Waals surface area contributed by atoms with E-state index in [9.17, 15) is 24.1 Å². The molecular formula is C20H25BrFN4O7P. The number of nitrogens with one attached hydrogen (secondary N) is 2. The van der Waals surface area contributed by atoms with Gasteiger partial charge in [0.2, 0.25) is 4.58 Å². The second kappa shape index (κ2) is 10.7. The van der Waals surface area contributed by atoms with Crippen LogP contribution < -0.4 is 16.3 Å². The lowest BCUT2D eigenvalue weighted by Gasteiger charge is -2.24. The Morgan fingerprint density at radius 1 is 1.50 bits per heavy atom. The first-order valence-electron chi connectivity index (χ1n) is 10.3. The fourth-order valence-electron chi connectivity index (χ4n) is 3.28. The molecule has 0 aromatic carbocycles. The minimum absolute atomic E-state index is 0.130. The number of Topliss-reactive ketones (excluding diaryl/α,β-unsaturated/α-hetero) is 1. The molecule has 0 radical (unpaired) electrons. The van der Waals surface area contributed by atoms with E-state index in [1.165, 1.54) is 6.92 Å². The van der Waals surface area contributed by atoms with Crippen LogP contribution in [0.25, 0.3) is 0 Å². The fraction of sp³-hybridized carbons (Fsp3) is 0.500. The summed E-state index contributed by atoms with van der Waals surface area (Å²) in [7, 11) is -3.67. The van der Waals surface area contributed by atoms with Crippen molar-refractivity contribution in [1.82, 2.24) is 19.6 Å². The SMILES string of the molecule is CC(=O)[C@H](C)CP(=O)(NCc1cccnc1)OC[C@H]1O[C@@H](n2ccc(=O)[nH]c2=O)C(F)(Br)[C@H]1O. The smallest absolute Gasteiger partial charge is 0.330 e. The highest BCUT2D eigenvalue weighted by Gasteiger charge is 2.57. The molecule has 3 heterocycles. The number of nitrogens with zero attached hydrogens (tertiary/aromatic N) is 2. The lowest BCUT2D eigenvalue weighted by atomic mass is 10.1. The summed E-state index contributed by atoms with van der Waals surface area (Å²) in [4.78, 5) is 41.1. The number of aliphatic hydroxyl groups is 1. The quantitative estimate of drug-likeness (QED) is 0.288. The Kier molecular flexibility index (Phi) is 8.38. The molecule has 11 nitrogen and oxygen atoms in total. The number of carbonyl (C=O) groups is 1. The number of aromatic nitrogens is 3. The van der Waals surface area contributed by atoms with Gasteiger partial charge in [-0.2, -0.15) is 0 Å². The van der Waals surface area contributed by atoms with E-state index in [-0.39, 0.29) is 18.5 Å². The summed E-state index contributed by atoms with van der Waals surface area (Å²) >= 11 is 2.76. The molecule has 1 aliphatic heterocycles. The summed E-state index contributed by atoms with van der Waals surface area (Å²) in [5.74, 6) is -0.782. The molecule has 0 bridgehead atoms. The van der Waals surface area contributed by atoms with Gasteiger partial charge in [0.1, 0.15) is 18.0 Å². The monoisotopic (exact) mass is 562 g/mol. The second-order valence-corrected chi connectivity index (χ2v) is 11.5. The average molecular weight is 563 g/mol. The van der Waals surface area contributed by atoms with Gasteiger partial charge in [0.15, 0.2) is 6.23 Å². The highest BCUT2D eigenvalue weighted by atomic mass is 79.9. The van der Waals surface area contributed by atoms with Gasteiger partial charge in [-0.1, -0.05) is 13.0 Å². The van der Waals surface area contributed by atoms with Gasteiger partial charge in [-0.25, -0.2) is 14.3 Å². The zero-order valence-electron chi connectivity index (χ0n) is 18.4. The third-order valence-electron chi connectivity index (χ3n) is 5.39. The largest absolute Gasteiger partial charge is 0.386 e. The maximum atomic E-state index is 15.3. The first kappa shape index (κ1) is 26.6. The summed E-state index contributed by atoms with van der Waals surface area (Å²) in [5, 5.41) is 13.3. The summed E-state index contributed by atoms with van der Waals surface area (Å²) in [6.45, 7) is 2.60. The van der Waals surface area contributed by atoms with Crippen LogP contribution in [0.4, 0.5) is 4.39 Å². The van der Waals surface area contributed by atoms with E-state index in [4.69, 9.17) is 9.26 Å². The van der Waals surface area contributed by atoms with Gasteiger partial charge in [0, 0.05) is 43.3 Å². The maximum absolute atomic E-state index is 15.3. The molecular weight excluding hydrogens is 538 g/mol. The Morgan fingerprint density at radius 2 is 2.24 bits per heavy atom. The van der Waals surface area contributed by atoms with Crippen LogP contribution in [0.2, 0.25) is 0 Å². The first-order valence-corrected chi connectivity index (χ1v) is 12.9.